The van der Waals surface area contributed by atoms with Crippen LogP contribution in [0.3, 0.4) is 0 Å². The Balaban J connectivity index is 2.90. The zero-order valence-electron chi connectivity index (χ0n) is 6.99. The van der Waals surface area contributed by atoms with Crippen molar-refractivity contribution in [2.45, 2.75) is 9.79 Å². The summed E-state index contributed by atoms with van der Waals surface area (Å²) in [6, 6.07) is 2.16. The minimum atomic E-state index is -0.679. The average molecular weight is 240 g/mol. The van der Waals surface area contributed by atoms with E-state index in [1.807, 2.05) is 0 Å². The van der Waals surface area contributed by atoms with E-state index in [0.29, 0.717) is 12.0 Å². The van der Waals surface area contributed by atoms with Crippen molar-refractivity contribution in [1.82, 2.24) is 0 Å². The highest BCUT2D eigenvalue weighted by atomic mass is 32.2. The van der Waals surface area contributed by atoms with E-state index in [-0.39, 0.29) is 9.79 Å². The molecule has 1 N–H and O–H groups in total. The summed E-state index contributed by atoms with van der Waals surface area (Å²) in [5, 5.41) is 11.1. The molecule has 0 fully saturated rings. The number of halogens is 2. The van der Waals surface area contributed by atoms with Gasteiger partial charge in [0.15, 0.2) is 0 Å². The van der Waals surface area contributed by atoms with Crippen molar-refractivity contribution in [2.75, 3.05) is 6.26 Å². The maximum atomic E-state index is 13.1. The van der Waals surface area contributed by atoms with Crippen LogP contribution in [0.15, 0.2) is 21.9 Å². The monoisotopic (exact) mass is 240 g/mol. The van der Waals surface area contributed by atoms with Gasteiger partial charge in [-0.1, -0.05) is 5.04 Å². The molecule has 3 nitrogen and oxygen atoms in total. The second-order valence-corrected chi connectivity index (χ2v) is 3.74. The van der Waals surface area contributed by atoms with Crippen molar-refractivity contribution in [3.63, 3.8) is 0 Å². The molecule has 0 aromatic heterocycles. The summed E-state index contributed by atoms with van der Waals surface area (Å²) < 4.78 is 30.2. The predicted octanol–water partition coefficient (Wildman–Crippen LogP) is 3.12. The van der Waals surface area contributed by atoms with Crippen LogP contribution in [0.5, 0.6) is 0 Å². The summed E-state index contributed by atoms with van der Waals surface area (Å²) in [5.41, 5.74) is 0. The van der Waals surface area contributed by atoms with Gasteiger partial charge in [0.2, 0.25) is 0 Å². The summed E-state index contributed by atoms with van der Waals surface area (Å²) in [5.74, 6) is -1.36. The molecule has 0 saturated heterocycles. The molecule has 1 aromatic carbocycles. The highest BCUT2D eigenvalue weighted by molar-refractivity contribution is 7.98. The third kappa shape index (κ3) is 2.82. The molecule has 0 bridgehead atoms. The molecule has 7 heteroatoms. The topological polar surface area (TPSA) is 38.7 Å². The van der Waals surface area contributed by atoms with Crippen LogP contribution in [0.25, 0.3) is 0 Å². The summed E-state index contributed by atoms with van der Waals surface area (Å²) in [6.45, 7) is 0. The highest BCUT2D eigenvalue weighted by Gasteiger charge is 2.10. The van der Waals surface area contributed by atoms with Crippen molar-refractivity contribution in [1.29, 1.82) is 0 Å². The normalized spacial score (nSPS) is 10.6. The minimum absolute atomic E-state index is 0.0562. The van der Waals surface area contributed by atoms with E-state index in [1.165, 1.54) is 0 Å². The van der Waals surface area contributed by atoms with E-state index in [4.69, 9.17) is 5.26 Å². The Morgan fingerprint density at radius 1 is 1.29 bits per heavy atom. The Morgan fingerprint density at radius 2 is 1.86 bits per heavy atom. The molecule has 1 aromatic rings. The molecule has 0 spiro atoms. The molecule has 0 unspecified atom stereocenters. The fourth-order valence-electron chi connectivity index (χ4n) is 0.834. The first-order chi connectivity index (χ1) is 6.69. The minimum Gasteiger partial charge on any atom is -0.220 e. The first kappa shape index (κ1) is 11.7. The maximum absolute atomic E-state index is 13.1. The molecule has 1 rings (SSSR count). The van der Waals surface area contributed by atoms with Gasteiger partial charge in [-0.3, -0.25) is 0 Å². The van der Waals surface area contributed by atoms with Gasteiger partial charge < -0.3 is 0 Å². The molecule has 78 valence electrons. The Bertz CT molecular complexity index is 299. The number of hydrogen-bond donors (Lipinski definition) is 1. The van der Waals surface area contributed by atoms with Crippen LogP contribution in [0.4, 0.5) is 8.78 Å². The van der Waals surface area contributed by atoms with Gasteiger partial charge >= 0.3 is 0 Å². The van der Waals surface area contributed by atoms with Crippen LogP contribution in [-0.4, -0.2) is 11.5 Å². The molecule has 0 atom stereocenters. The average Bonchev–Trinajstić information content (AvgIpc) is 2.14. The number of benzene rings is 1. The summed E-state index contributed by atoms with van der Waals surface area (Å²) in [6.07, 6.45) is 1.57. The van der Waals surface area contributed by atoms with E-state index < -0.39 is 11.6 Å². The van der Waals surface area contributed by atoms with Gasteiger partial charge in [-0.25, -0.2) is 14.0 Å². The van der Waals surface area contributed by atoms with E-state index in [1.54, 1.807) is 6.26 Å². The Kier molecular flexibility index (Phi) is 4.63. The fraction of sp³-hybridized carbons (Fsp3) is 0.143. The quantitative estimate of drug-likeness (QED) is 0.379. The van der Waals surface area contributed by atoms with Gasteiger partial charge in [0.25, 0.3) is 0 Å². The third-order valence-electron chi connectivity index (χ3n) is 1.34. The van der Waals surface area contributed by atoms with Gasteiger partial charge in [-0.15, -0.1) is 16.1 Å². The smallest absolute Gasteiger partial charge is 0.140 e. The van der Waals surface area contributed by atoms with Crippen molar-refractivity contribution >= 4 is 23.8 Å². The zero-order chi connectivity index (χ0) is 10.6. The lowest BCUT2D eigenvalue weighted by atomic mass is 10.3. The molecule has 14 heavy (non-hydrogen) atoms. The molecule has 0 aliphatic rings. The van der Waals surface area contributed by atoms with Crippen molar-refractivity contribution in [2.24, 2.45) is 0 Å². The molecule has 0 aliphatic carbocycles. The van der Waals surface area contributed by atoms with Crippen molar-refractivity contribution in [3.8, 4) is 0 Å². The van der Waals surface area contributed by atoms with Gasteiger partial charge in [0.05, 0.1) is 16.9 Å². The Labute approximate surface area is 87.5 Å². The molecule has 0 heterocycles. The molecule has 0 saturated carbocycles. The summed E-state index contributed by atoms with van der Waals surface area (Å²) in [4.78, 5) is 0.103. The molecule has 0 radical (unpaired) electrons. The second kappa shape index (κ2) is 5.52. The second-order valence-electron chi connectivity index (χ2n) is 2.15. The SMILES string of the molecule is CSc1c(F)cc(SOOO)cc1F. The first-order valence-electron chi connectivity index (χ1n) is 3.37. The van der Waals surface area contributed by atoms with Gasteiger partial charge in [-0.2, -0.15) is 0 Å². The Morgan fingerprint density at radius 3 is 2.29 bits per heavy atom. The van der Waals surface area contributed by atoms with Crippen molar-refractivity contribution in [3.05, 3.63) is 23.8 Å². The van der Waals surface area contributed by atoms with Crippen LogP contribution in [0.2, 0.25) is 0 Å². The third-order valence-corrected chi connectivity index (χ3v) is 2.69. The van der Waals surface area contributed by atoms with Gasteiger partial charge in [0.1, 0.15) is 11.6 Å². The largest absolute Gasteiger partial charge is 0.220 e. The first-order valence-corrected chi connectivity index (χ1v) is 5.33. The van der Waals surface area contributed by atoms with Crippen LogP contribution in [-0.2, 0) is 9.37 Å². The van der Waals surface area contributed by atoms with E-state index in [9.17, 15) is 8.78 Å². The van der Waals surface area contributed by atoms with Gasteiger partial charge in [-0.05, 0) is 18.4 Å². The van der Waals surface area contributed by atoms with Gasteiger partial charge in [0, 0.05) is 4.90 Å². The maximum Gasteiger partial charge on any atom is 0.140 e. The van der Waals surface area contributed by atoms with Crippen LogP contribution >= 0.6 is 23.8 Å². The van der Waals surface area contributed by atoms with E-state index >= 15 is 0 Å². The molecule has 0 amide bonds. The lowest BCUT2D eigenvalue weighted by molar-refractivity contribution is -0.432. The molecule has 0 aliphatic heterocycles. The fourth-order valence-corrected chi connectivity index (χ4v) is 1.75. The number of hydrogen-bond acceptors (Lipinski definition) is 5. The number of rotatable bonds is 4. The number of thioether (sulfide) groups is 1. The van der Waals surface area contributed by atoms with Crippen LogP contribution < -0.4 is 0 Å². The predicted molar refractivity (Wildman–Crippen MR) is 48.8 cm³/mol. The molecular formula is C7H6F2O3S2. The highest BCUT2D eigenvalue weighted by Crippen LogP contribution is 2.28. The van der Waals surface area contributed by atoms with Crippen LogP contribution in [0, 0.1) is 11.6 Å². The lowest BCUT2D eigenvalue weighted by Crippen LogP contribution is -1.89. The van der Waals surface area contributed by atoms with E-state index in [2.05, 4.69) is 9.37 Å². The van der Waals surface area contributed by atoms with E-state index in [0.717, 1.165) is 23.9 Å². The lowest BCUT2D eigenvalue weighted by Gasteiger charge is -2.03. The van der Waals surface area contributed by atoms with Crippen molar-refractivity contribution < 1.29 is 23.4 Å². The summed E-state index contributed by atoms with van der Waals surface area (Å²) in [7, 11) is 0. The summed E-state index contributed by atoms with van der Waals surface area (Å²) >= 11 is 1.48. The zero-order valence-corrected chi connectivity index (χ0v) is 8.62. The standard InChI is InChI=1S/C7H6F2O3S2/c1-13-7-5(8)2-4(3-6(7)9)14-12-11-10/h2-3,10H,1H3. The Hall–Kier alpha value is -0.340. The van der Waals surface area contributed by atoms with Crippen LogP contribution in [0.1, 0.15) is 0 Å². The molecular weight excluding hydrogens is 234 g/mol.